The number of rotatable bonds is 3. The number of piperidine rings is 1. The molecule has 0 radical (unpaired) electrons. The number of aliphatic imine (C=N–C) groups is 1. The van der Waals surface area contributed by atoms with E-state index in [-0.39, 0.29) is 5.82 Å². The largest absolute Gasteiger partial charge is 0.352 e. The van der Waals surface area contributed by atoms with Gasteiger partial charge in [0.1, 0.15) is 5.82 Å². The van der Waals surface area contributed by atoms with Gasteiger partial charge in [-0.25, -0.2) is 14.4 Å². The van der Waals surface area contributed by atoms with E-state index in [2.05, 4.69) is 31.4 Å². The Kier molecular flexibility index (Phi) is 4.58. The zero-order valence-electron chi connectivity index (χ0n) is 15.3. The van der Waals surface area contributed by atoms with Gasteiger partial charge in [-0.2, -0.15) is 0 Å². The summed E-state index contributed by atoms with van der Waals surface area (Å²) in [5.74, 6) is 0.544. The van der Waals surface area contributed by atoms with Crippen LogP contribution in [0, 0.1) is 5.82 Å². The number of hydrogen-bond acceptors (Lipinski definition) is 6. The molecule has 4 heterocycles. The molecule has 1 unspecified atom stereocenters. The molecule has 3 N–H and O–H groups in total. The highest BCUT2D eigenvalue weighted by atomic mass is 32.1. The summed E-state index contributed by atoms with van der Waals surface area (Å²) in [5, 5.41) is 12.4. The maximum absolute atomic E-state index is 13.4. The Morgan fingerprint density at radius 1 is 1.25 bits per heavy atom. The molecule has 28 heavy (non-hydrogen) atoms. The minimum Gasteiger partial charge on any atom is -0.352 e. The summed E-state index contributed by atoms with van der Waals surface area (Å²) >= 11 is 1.58. The van der Waals surface area contributed by atoms with Crippen LogP contribution in [0.4, 0.5) is 4.39 Å². The summed E-state index contributed by atoms with van der Waals surface area (Å²) in [6.45, 7) is 2.63. The molecule has 0 bridgehead atoms. The molecular formula is C20H21FN6S. The molecule has 1 atom stereocenters. The number of imidazole rings is 1. The van der Waals surface area contributed by atoms with Crippen molar-refractivity contribution in [1.29, 1.82) is 0 Å². The molecule has 0 spiro atoms. The second kappa shape index (κ2) is 7.37. The van der Waals surface area contributed by atoms with Gasteiger partial charge in [-0.3, -0.25) is 4.40 Å². The fourth-order valence-electron chi connectivity index (χ4n) is 3.70. The van der Waals surface area contributed by atoms with Gasteiger partial charge in [0.05, 0.1) is 23.6 Å². The van der Waals surface area contributed by atoms with Crippen LogP contribution in [0.2, 0.25) is 0 Å². The fourth-order valence-corrected chi connectivity index (χ4v) is 4.42. The Hall–Kier alpha value is -2.71. The average Bonchev–Trinajstić information content (AvgIpc) is 3.31. The Morgan fingerprint density at radius 2 is 2.14 bits per heavy atom. The van der Waals surface area contributed by atoms with Gasteiger partial charge in [-0.1, -0.05) is 0 Å². The topological polar surface area (TPSA) is 65.8 Å². The molecule has 5 rings (SSSR count). The predicted octanol–water partition coefficient (Wildman–Crippen LogP) is 2.84. The summed E-state index contributed by atoms with van der Waals surface area (Å²) in [5.41, 5.74) is 3.67. The fraction of sp³-hybridized carbons (Fsp3) is 0.300. The second-order valence-electron chi connectivity index (χ2n) is 6.99. The molecule has 1 fully saturated rings. The average molecular weight is 396 g/mol. The number of guanidine groups is 1. The van der Waals surface area contributed by atoms with Crippen LogP contribution in [0.25, 0.3) is 21.9 Å². The van der Waals surface area contributed by atoms with Crippen molar-refractivity contribution in [3.8, 4) is 11.3 Å². The Morgan fingerprint density at radius 3 is 2.96 bits per heavy atom. The zero-order valence-corrected chi connectivity index (χ0v) is 16.1. The normalized spacial score (nSPS) is 19.8. The lowest BCUT2D eigenvalue weighted by molar-refractivity contribution is 0.429. The third-order valence-corrected chi connectivity index (χ3v) is 5.83. The summed E-state index contributed by atoms with van der Waals surface area (Å²) in [4.78, 5) is 10.3. The number of nitrogens with zero attached hydrogens (tertiary/aromatic N) is 3. The molecule has 2 aromatic heterocycles. The summed E-state index contributed by atoms with van der Waals surface area (Å²) in [7, 11) is 0. The van der Waals surface area contributed by atoms with E-state index < -0.39 is 0 Å². The number of fused-ring (bicyclic) bond motifs is 1. The number of thiazole rings is 1. The molecule has 2 aliphatic rings. The first-order chi connectivity index (χ1) is 13.8. The highest BCUT2D eigenvalue weighted by Gasteiger charge is 2.22. The van der Waals surface area contributed by atoms with Crippen molar-refractivity contribution in [3.05, 3.63) is 53.4 Å². The highest BCUT2D eigenvalue weighted by Crippen LogP contribution is 2.31. The lowest BCUT2D eigenvalue weighted by atomic mass is 10.1. The zero-order chi connectivity index (χ0) is 18.9. The van der Waals surface area contributed by atoms with Gasteiger partial charge in [0.25, 0.3) is 0 Å². The Bertz CT molecular complexity index is 1040. The highest BCUT2D eigenvalue weighted by molar-refractivity contribution is 7.15. The van der Waals surface area contributed by atoms with E-state index in [1.54, 1.807) is 23.5 Å². The smallest absolute Gasteiger partial charge is 0.196 e. The first-order valence-electron chi connectivity index (χ1n) is 9.49. The molecular weight excluding hydrogens is 375 g/mol. The summed E-state index contributed by atoms with van der Waals surface area (Å²) in [6, 6.07) is 6.87. The van der Waals surface area contributed by atoms with Crippen molar-refractivity contribution in [3.63, 3.8) is 0 Å². The van der Waals surface area contributed by atoms with E-state index in [1.807, 2.05) is 11.6 Å². The number of hydrogen-bond donors (Lipinski definition) is 3. The van der Waals surface area contributed by atoms with E-state index in [4.69, 9.17) is 4.98 Å². The molecule has 1 saturated heterocycles. The molecule has 0 saturated carbocycles. The minimum absolute atomic E-state index is 0.249. The molecule has 144 valence electrons. The lowest BCUT2D eigenvalue weighted by Gasteiger charge is -2.27. The maximum atomic E-state index is 13.4. The number of halogens is 1. The van der Waals surface area contributed by atoms with Crippen LogP contribution >= 0.6 is 11.3 Å². The number of benzene rings is 1. The van der Waals surface area contributed by atoms with Gasteiger partial charge in [-0.15, -0.1) is 11.3 Å². The third-order valence-electron chi connectivity index (χ3n) is 5.07. The van der Waals surface area contributed by atoms with E-state index in [1.165, 1.54) is 18.6 Å². The van der Waals surface area contributed by atoms with Gasteiger partial charge in [-0.05, 0) is 49.7 Å². The number of aromatic nitrogens is 2. The van der Waals surface area contributed by atoms with Crippen molar-refractivity contribution in [2.75, 3.05) is 19.6 Å². The summed E-state index contributed by atoms with van der Waals surface area (Å²) in [6.07, 6.45) is 6.38. The van der Waals surface area contributed by atoms with Crippen molar-refractivity contribution >= 4 is 28.0 Å². The van der Waals surface area contributed by atoms with Gasteiger partial charge in [0.15, 0.2) is 10.9 Å². The van der Waals surface area contributed by atoms with Crippen molar-refractivity contribution < 1.29 is 4.39 Å². The molecule has 1 aromatic carbocycles. The van der Waals surface area contributed by atoms with Crippen LogP contribution in [0.5, 0.6) is 0 Å². The van der Waals surface area contributed by atoms with Crippen LogP contribution in [-0.4, -0.2) is 41.0 Å². The minimum atomic E-state index is -0.249. The Labute approximate surface area is 166 Å². The van der Waals surface area contributed by atoms with Gasteiger partial charge >= 0.3 is 0 Å². The first-order valence-corrected chi connectivity index (χ1v) is 10.4. The molecule has 2 aliphatic heterocycles. The first kappa shape index (κ1) is 17.4. The second-order valence-corrected chi connectivity index (χ2v) is 7.86. The van der Waals surface area contributed by atoms with E-state index >= 15 is 0 Å². The van der Waals surface area contributed by atoms with Crippen molar-refractivity contribution in [2.45, 2.75) is 18.9 Å². The van der Waals surface area contributed by atoms with E-state index in [0.29, 0.717) is 12.6 Å². The van der Waals surface area contributed by atoms with E-state index in [0.717, 1.165) is 53.1 Å². The predicted molar refractivity (Wildman–Crippen MR) is 111 cm³/mol. The van der Waals surface area contributed by atoms with Crippen LogP contribution in [0.15, 0.2) is 46.9 Å². The van der Waals surface area contributed by atoms with Crippen LogP contribution in [-0.2, 0) is 0 Å². The Balaban J connectivity index is 1.46. The molecule has 6 nitrogen and oxygen atoms in total. The van der Waals surface area contributed by atoms with Crippen molar-refractivity contribution in [1.82, 2.24) is 25.3 Å². The van der Waals surface area contributed by atoms with Crippen LogP contribution in [0.3, 0.4) is 0 Å². The monoisotopic (exact) mass is 396 g/mol. The molecule has 0 amide bonds. The molecule has 0 aliphatic carbocycles. The summed E-state index contributed by atoms with van der Waals surface area (Å²) < 4.78 is 15.5. The van der Waals surface area contributed by atoms with Crippen LogP contribution < -0.4 is 16.0 Å². The van der Waals surface area contributed by atoms with Gasteiger partial charge in [0.2, 0.25) is 0 Å². The maximum Gasteiger partial charge on any atom is 0.196 e. The van der Waals surface area contributed by atoms with Crippen molar-refractivity contribution in [2.24, 2.45) is 4.99 Å². The molecule has 3 aromatic rings. The van der Waals surface area contributed by atoms with Gasteiger partial charge < -0.3 is 16.0 Å². The van der Waals surface area contributed by atoms with Gasteiger partial charge in [0, 0.05) is 29.7 Å². The SMILES string of the molecule is Fc1ccc(-c2nc3sccn3c2C2=CCN=C(NC3CCCNC3)N2)cc1. The standard InChI is InChI=1S/C20H21FN6S/c21-14-5-3-13(4-6-14)17-18(27-10-11-28-20(27)26-17)16-7-9-23-19(25-16)24-15-2-1-8-22-12-15/h3-7,10-11,15,22H,1-2,8-9,12H2,(H2,23,24,25). The third kappa shape index (κ3) is 3.29. The lowest BCUT2D eigenvalue weighted by Crippen LogP contribution is -2.50. The van der Waals surface area contributed by atoms with Crippen LogP contribution in [0.1, 0.15) is 18.5 Å². The molecule has 8 heteroatoms. The van der Waals surface area contributed by atoms with E-state index in [9.17, 15) is 4.39 Å². The number of nitrogens with one attached hydrogen (secondary N) is 3. The quantitative estimate of drug-likeness (QED) is 0.637.